The molecule has 0 spiro atoms. The fraction of sp³-hybridized carbons (Fsp3) is 0.188. The highest BCUT2D eigenvalue weighted by Gasteiger charge is 2.25. The van der Waals surface area contributed by atoms with Crippen molar-refractivity contribution >= 4 is 20.9 Å². The van der Waals surface area contributed by atoms with E-state index in [0.29, 0.717) is 34.8 Å². The lowest BCUT2D eigenvalue weighted by molar-refractivity contribution is 0.301. The Balaban J connectivity index is 1.56. The molecule has 8 heteroatoms. The minimum absolute atomic E-state index is 0.0746. The molecule has 0 aliphatic heterocycles. The third kappa shape index (κ3) is 4.59. The van der Waals surface area contributed by atoms with E-state index in [9.17, 15) is 18.5 Å². The molecular weight excluding hydrogens is 522 g/mol. The van der Waals surface area contributed by atoms with E-state index in [1.54, 1.807) is 49.6 Å². The zero-order valence-corrected chi connectivity index (χ0v) is 23.0. The predicted octanol–water partition coefficient (Wildman–Crippen LogP) is 5.88. The van der Waals surface area contributed by atoms with E-state index in [-0.39, 0.29) is 10.4 Å². The van der Waals surface area contributed by atoms with Crippen molar-refractivity contribution in [1.29, 1.82) is 5.26 Å². The van der Waals surface area contributed by atoms with E-state index in [1.807, 2.05) is 43.3 Å². The number of aromatic nitrogens is 2. The molecule has 3 aromatic carbocycles. The van der Waals surface area contributed by atoms with Crippen LogP contribution in [0.4, 0.5) is 0 Å². The SMILES string of the molecule is Cc1ccc(S(=O)(=O)n2ccc3c(-c4cc(-c5cccc(C#N)c5)ccc4OCC4CC4)cn(C)c(=O)c32)cc1. The second-order valence-corrected chi connectivity index (χ2v) is 12.1. The number of nitrogens with zero attached hydrogens (tertiary/aromatic N) is 3. The van der Waals surface area contributed by atoms with Gasteiger partial charge in [0.2, 0.25) is 0 Å². The third-order valence-corrected chi connectivity index (χ3v) is 9.02. The van der Waals surface area contributed by atoms with Gasteiger partial charge in [-0.1, -0.05) is 35.9 Å². The molecule has 200 valence electrons. The van der Waals surface area contributed by atoms with Gasteiger partial charge in [-0.2, -0.15) is 5.26 Å². The number of hydrogen-bond donors (Lipinski definition) is 0. The van der Waals surface area contributed by atoms with Crippen LogP contribution in [0, 0.1) is 24.2 Å². The molecular formula is C32H27N3O4S. The molecule has 6 rings (SSSR count). The summed E-state index contributed by atoms with van der Waals surface area (Å²) in [6.07, 6.45) is 5.44. The molecule has 0 saturated heterocycles. The summed E-state index contributed by atoms with van der Waals surface area (Å²) in [5.41, 5.74) is 4.31. The zero-order chi connectivity index (χ0) is 28.0. The van der Waals surface area contributed by atoms with Gasteiger partial charge >= 0.3 is 0 Å². The highest BCUT2D eigenvalue weighted by molar-refractivity contribution is 7.90. The Hall–Kier alpha value is -4.61. The minimum Gasteiger partial charge on any atom is -0.493 e. The van der Waals surface area contributed by atoms with Crippen LogP contribution in [0.2, 0.25) is 0 Å². The number of fused-ring (bicyclic) bond motifs is 1. The van der Waals surface area contributed by atoms with E-state index in [4.69, 9.17) is 4.74 Å². The molecule has 0 amide bonds. The highest BCUT2D eigenvalue weighted by Crippen LogP contribution is 2.39. The lowest BCUT2D eigenvalue weighted by Gasteiger charge is -2.16. The van der Waals surface area contributed by atoms with Crippen molar-refractivity contribution in [2.45, 2.75) is 24.7 Å². The van der Waals surface area contributed by atoms with E-state index >= 15 is 0 Å². The summed E-state index contributed by atoms with van der Waals surface area (Å²) < 4.78 is 36.0. The van der Waals surface area contributed by atoms with Gasteiger partial charge in [0.25, 0.3) is 15.6 Å². The van der Waals surface area contributed by atoms with Crippen LogP contribution in [0.3, 0.4) is 0 Å². The summed E-state index contributed by atoms with van der Waals surface area (Å²) in [5.74, 6) is 1.18. The summed E-state index contributed by atoms with van der Waals surface area (Å²) in [6, 6.07) is 23.6. The molecule has 2 heterocycles. The van der Waals surface area contributed by atoms with Crippen LogP contribution in [-0.2, 0) is 17.1 Å². The first-order valence-electron chi connectivity index (χ1n) is 13.1. The molecule has 1 fully saturated rings. The minimum atomic E-state index is -4.02. The first-order chi connectivity index (χ1) is 19.3. The molecule has 1 aliphatic rings. The quantitative estimate of drug-likeness (QED) is 0.253. The molecule has 1 aliphatic carbocycles. The Bertz CT molecular complexity index is 1980. The molecule has 0 bridgehead atoms. The number of nitriles is 1. The van der Waals surface area contributed by atoms with E-state index in [2.05, 4.69) is 6.07 Å². The second-order valence-electron chi connectivity index (χ2n) is 10.3. The van der Waals surface area contributed by atoms with Crippen LogP contribution < -0.4 is 10.3 Å². The summed E-state index contributed by atoms with van der Waals surface area (Å²) in [6.45, 7) is 2.48. The molecule has 40 heavy (non-hydrogen) atoms. The Morgan fingerprint density at radius 1 is 0.975 bits per heavy atom. The van der Waals surface area contributed by atoms with Crippen molar-refractivity contribution in [3.63, 3.8) is 0 Å². The van der Waals surface area contributed by atoms with E-state index < -0.39 is 15.6 Å². The summed E-state index contributed by atoms with van der Waals surface area (Å²) >= 11 is 0. The third-order valence-electron chi connectivity index (χ3n) is 7.33. The van der Waals surface area contributed by atoms with Crippen molar-refractivity contribution in [3.8, 4) is 34.1 Å². The number of rotatable bonds is 7. The molecule has 2 aromatic heterocycles. The fourth-order valence-electron chi connectivity index (χ4n) is 4.88. The highest BCUT2D eigenvalue weighted by atomic mass is 32.2. The largest absolute Gasteiger partial charge is 0.493 e. The number of benzene rings is 3. The van der Waals surface area contributed by atoms with Gasteiger partial charge in [-0.15, -0.1) is 0 Å². The number of ether oxygens (including phenoxy) is 1. The Labute approximate surface area is 232 Å². The molecule has 5 aromatic rings. The molecule has 0 N–H and O–H groups in total. The van der Waals surface area contributed by atoms with Crippen molar-refractivity contribution < 1.29 is 13.2 Å². The van der Waals surface area contributed by atoms with Crippen LogP contribution in [0.5, 0.6) is 5.75 Å². The maximum atomic E-state index is 13.6. The normalized spacial score (nSPS) is 13.3. The van der Waals surface area contributed by atoms with Crippen molar-refractivity contribution in [1.82, 2.24) is 8.54 Å². The smallest absolute Gasteiger partial charge is 0.275 e. The second kappa shape index (κ2) is 9.85. The summed E-state index contributed by atoms with van der Waals surface area (Å²) in [5, 5.41) is 9.91. The predicted molar refractivity (Wildman–Crippen MR) is 155 cm³/mol. The molecule has 1 saturated carbocycles. The lowest BCUT2D eigenvalue weighted by atomic mass is 9.96. The maximum Gasteiger partial charge on any atom is 0.275 e. The van der Waals surface area contributed by atoms with Crippen LogP contribution >= 0.6 is 0 Å². The van der Waals surface area contributed by atoms with Gasteiger partial charge in [0.1, 0.15) is 11.3 Å². The van der Waals surface area contributed by atoms with Crippen molar-refractivity contribution in [3.05, 3.63) is 107 Å². The van der Waals surface area contributed by atoms with Gasteiger partial charge in [0.05, 0.1) is 23.1 Å². The summed E-state index contributed by atoms with van der Waals surface area (Å²) in [7, 11) is -2.40. The van der Waals surface area contributed by atoms with E-state index in [1.165, 1.54) is 10.8 Å². The maximum absolute atomic E-state index is 13.6. The van der Waals surface area contributed by atoms with Crippen LogP contribution in [0.1, 0.15) is 24.0 Å². The van der Waals surface area contributed by atoms with Crippen LogP contribution in [0.25, 0.3) is 33.2 Å². The first-order valence-corrected chi connectivity index (χ1v) is 14.5. The number of hydrogen-bond acceptors (Lipinski definition) is 5. The van der Waals surface area contributed by atoms with E-state index in [0.717, 1.165) is 39.1 Å². The topological polar surface area (TPSA) is 94.1 Å². The Kier molecular flexibility index (Phi) is 6.32. The first kappa shape index (κ1) is 25.7. The average molecular weight is 550 g/mol. The van der Waals surface area contributed by atoms with Gasteiger partial charge in [-0.25, -0.2) is 12.4 Å². The van der Waals surface area contributed by atoms with Crippen LogP contribution in [0.15, 0.2) is 94.9 Å². The average Bonchev–Trinajstić information content (AvgIpc) is 3.69. The summed E-state index contributed by atoms with van der Waals surface area (Å²) in [4.78, 5) is 13.5. The molecule has 7 nitrogen and oxygen atoms in total. The monoisotopic (exact) mass is 549 g/mol. The van der Waals surface area contributed by atoms with Crippen LogP contribution in [-0.4, -0.2) is 23.6 Å². The number of aryl methyl sites for hydroxylation is 2. The lowest BCUT2D eigenvalue weighted by Crippen LogP contribution is -2.22. The van der Waals surface area contributed by atoms with Gasteiger partial charge in [0, 0.05) is 36.0 Å². The Morgan fingerprint density at radius 2 is 1.73 bits per heavy atom. The molecule has 0 atom stereocenters. The zero-order valence-electron chi connectivity index (χ0n) is 22.2. The molecule has 0 radical (unpaired) electrons. The fourth-order valence-corrected chi connectivity index (χ4v) is 6.22. The van der Waals surface area contributed by atoms with Gasteiger partial charge in [-0.05, 0) is 79.3 Å². The van der Waals surface area contributed by atoms with Gasteiger partial charge in [-0.3, -0.25) is 4.79 Å². The van der Waals surface area contributed by atoms with Gasteiger partial charge in [0.15, 0.2) is 0 Å². The Morgan fingerprint density at radius 3 is 2.45 bits per heavy atom. The molecule has 0 unspecified atom stereocenters. The van der Waals surface area contributed by atoms with Crippen molar-refractivity contribution in [2.75, 3.05) is 6.61 Å². The standard InChI is InChI=1S/C32H27N3O4S/c1-21-6-11-26(12-7-21)40(37,38)35-15-14-27-29(19-34(2)32(36)31(27)35)28-17-25(24-5-3-4-23(16-24)18-33)10-13-30(28)39-20-22-8-9-22/h3-7,10-17,19,22H,8-9,20H2,1-2H3. The number of pyridine rings is 1. The van der Waals surface area contributed by atoms with Crippen molar-refractivity contribution in [2.24, 2.45) is 13.0 Å². The van der Waals surface area contributed by atoms with Gasteiger partial charge < -0.3 is 9.30 Å².